The molecule has 1 heterocycles. The van der Waals surface area contributed by atoms with Crippen molar-refractivity contribution in [3.8, 4) is 5.75 Å². The highest BCUT2D eigenvalue weighted by atomic mass is 16.5. The van der Waals surface area contributed by atoms with Crippen molar-refractivity contribution in [3.05, 3.63) is 30.0 Å². The predicted molar refractivity (Wildman–Crippen MR) is 85.9 cm³/mol. The highest BCUT2D eigenvalue weighted by Gasteiger charge is 2.22. The predicted octanol–water partition coefficient (Wildman–Crippen LogP) is 3.67. The topological polar surface area (TPSA) is 57.2 Å². The molecule has 0 saturated heterocycles. The first kappa shape index (κ1) is 15.4. The number of nitrogens with zero attached hydrogens (tertiary/aromatic N) is 1. The lowest BCUT2D eigenvalue weighted by Crippen LogP contribution is -2.28. The molecule has 2 rings (SSSR count). The van der Waals surface area contributed by atoms with E-state index >= 15 is 0 Å². The second-order valence-electron chi connectivity index (χ2n) is 6.32. The number of benzene rings is 1. The van der Waals surface area contributed by atoms with E-state index in [1.165, 1.54) is 0 Å². The maximum Gasteiger partial charge on any atom is 0.265 e. The summed E-state index contributed by atoms with van der Waals surface area (Å²) in [5.41, 5.74) is 6.80. The van der Waals surface area contributed by atoms with Gasteiger partial charge in [0.25, 0.3) is 5.91 Å². The standard InChI is InChI=1S/C17H24N2O2/c1-5-6-9-21-13-8-7-12-10-15(16(18)20)19(14(12)11-13)17(2,3)4/h7-8,10-11H,5-6,9H2,1-4H3,(H2,18,20). The molecule has 0 bridgehead atoms. The lowest BCUT2D eigenvalue weighted by Gasteiger charge is -2.25. The number of nitrogens with two attached hydrogens (primary N) is 1. The number of primary amides is 1. The second kappa shape index (κ2) is 5.80. The lowest BCUT2D eigenvalue weighted by atomic mass is 10.1. The largest absolute Gasteiger partial charge is 0.494 e. The molecule has 0 radical (unpaired) electrons. The van der Waals surface area contributed by atoms with Crippen molar-refractivity contribution in [3.63, 3.8) is 0 Å². The molecular weight excluding hydrogens is 264 g/mol. The van der Waals surface area contributed by atoms with Crippen molar-refractivity contribution >= 4 is 16.8 Å². The van der Waals surface area contributed by atoms with Gasteiger partial charge in [0.15, 0.2) is 0 Å². The van der Waals surface area contributed by atoms with Crippen LogP contribution < -0.4 is 10.5 Å². The molecule has 0 fully saturated rings. The Labute approximate surface area is 125 Å². The Bertz CT molecular complexity index is 651. The number of ether oxygens (including phenoxy) is 1. The van der Waals surface area contributed by atoms with E-state index in [0.29, 0.717) is 12.3 Å². The van der Waals surface area contributed by atoms with Gasteiger partial charge in [-0.25, -0.2) is 0 Å². The number of carbonyl (C=O) groups is 1. The normalized spacial score (nSPS) is 11.8. The minimum Gasteiger partial charge on any atom is -0.494 e. The highest BCUT2D eigenvalue weighted by molar-refractivity contribution is 5.98. The first-order chi connectivity index (χ1) is 9.84. The van der Waals surface area contributed by atoms with Crippen molar-refractivity contribution in [1.29, 1.82) is 0 Å². The van der Waals surface area contributed by atoms with E-state index in [0.717, 1.165) is 29.5 Å². The van der Waals surface area contributed by atoms with E-state index in [2.05, 4.69) is 27.7 Å². The molecule has 0 aliphatic rings. The van der Waals surface area contributed by atoms with Crippen molar-refractivity contribution in [2.75, 3.05) is 6.61 Å². The van der Waals surface area contributed by atoms with E-state index in [1.54, 1.807) is 0 Å². The molecule has 2 aromatic rings. The molecule has 0 atom stereocenters. The number of fused-ring (bicyclic) bond motifs is 1. The Hall–Kier alpha value is -1.97. The van der Waals surface area contributed by atoms with Crippen molar-refractivity contribution in [1.82, 2.24) is 4.57 Å². The summed E-state index contributed by atoms with van der Waals surface area (Å²) in [6.45, 7) is 9.02. The van der Waals surface area contributed by atoms with Crippen LogP contribution in [0, 0.1) is 0 Å². The van der Waals surface area contributed by atoms with Crippen molar-refractivity contribution < 1.29 is 9.53 Å². The van der Waals surface area contributed by atoms with Gasteiger partial charge in [-0.3, -0.25) is 4.79 Å². The number of amides is 1. The molecule has 1 aromatic heterocycles. The Kier molecular flexibility index (Phi) is 4.26. The zero-order chi connectivity index (χ0) is 15.6. The summed E-state index contributed by atoms with van der Waals surface area (Å²) < 4.78 is 7.75. The van der Waals surface area contributed by atoms with Crippen LogP contribution in [0.3, 0.4) is 0 Å². The first-order valence-electron chi connectivity index (χ1n) is 7.43. The fourth-order valence-electron chi connectivity index (χ4n) is 2.51. The van der Waals surface area contributed by atoms with Crippen LogP contribution in [0.2, 0.25) is 0 Å². The monoisotopic (exact) mass is 288 g/mol. The third-order valence-electron chi connectivity index (χ3n) is 3.47. The van der Waals surface area contributed by atoms with Gasteiger partial charge >= 0.3 is 0 Å². The molecule has 1 aromatic carbocycles. The molecule has 21 heavy (non-hydrogen) atoms. The quantitative estimate of drug-likeness (QED) is 0.853. The average molecular weight is 288 g/mol. The molecule has 2 N–H and O–H groups in total. The van der Waals surface area contributed by atoms with E-state index in [4.69, 9.17) is 10.5 Å². The summed E-state index contributed by atoms with van der Waals surface area (Å²) in [6.07, 6.45) is 2.14. The number of hydrogen-bond acceptors (Lipinski definition) is 2. The molecule has 1 amide bonds. The molecule has 0 spiro atoms. The van der Waals surface area contributed by atoms with Gasteiger partial charge in [-0.15, -0.1) is 0 Å². The van der Waals surface area contributed by atoms with Gasteiger partial charge in [0.1, 0.15) is 11.4 Å². The summed E-state index contributed by atoms with van der Waals surface area (Å²) in [7, 11) is 0. The van der Waals surface area contributed by atoms with Gasteiger partial charge in [0, 0.05) is 17.0 Å². The molecule has 4 heteroatoms. The van der Waals surface area contributed by atoms with Gasteiger partial charge in [-0.1, -0.05) is 13.3 Å². The molecule has 114 valence electrons. The summed E-state index contributed by atoms with van der Waals surface area (Å²) in [5, 5.41) is 1.00. The van der Waals surface area contributed by atoms with E-state index in [-0.39, 0.29) is 5.54 Å². The van der Waals surface area contributed by atoms with Gasteiger partial charge < -0.3 is 15.0 Å². The molecule has 0 aliphatic heterocycles. The minimum atomic E-state index is -0.408. The van der Waals surface area contributed by atoms with Crippen LogP contribution in [0.5, 0.6) is 5.75 Å². The maximum absolute atomic E-state index is 11.7. The van der Waals surface area contributed by atoms with Gasteiger partial charge in [0.2, 0.25) is 0 Å². The summed E-state index contributed by atoms with van der Waals surface area (Å²) in [4.78, 5) is 11.7. The Morgan fingerprint density at radius 1 is 1.29 bits per heavy atom. The van der Waals surface area contributed by atoms with Gasteiger partial charge in [0.05, 0.1) is 12.1 Å². The number of carbonyl (C=O) groups excluding carboxylic acids is 1. The fourth-order valence-corrected chi connectivity index (χ4v) is 2.51. The minimum absolute atomic E-state index is 0.228. The van der Waals surface area contributed by atoms with Crippen LogP contribution in [-0.4, -0.2) is 17.1 Å². The third kappa shape index (κ3) is 3.20. The summed E-state index contributed by atoms with van der Waals surface area (Å²) >= 11 is 0. The molecule has 4 nitrogen and oxygen atoms in total. The van der Waals surface area contributed by atoms with E-state index < -0.39 is 5.91 Å². The Morgan fingerprint density at radius 2 is 2.00 bits per heavy atom. The number of unbranched alkanes of at least 4 members (excludes halogenated alkanes) is 1. The molecule has 0 unspecified atom stereocenters. The van der Waals surface area contributed by atoms with E-state index in [9.17, 15) is 4.79 Å². The van der Waals surface area contributed by atoms with Crippen molar-refractivity contribution in [2.45, 2.75) is 46.1 Å². The Balaban J connectivity index is 2.51. The Morgan fingerprint density at radius 3 is 2.57 bits per heavy atom. The highest BCUT2D eigenvalue weighted by Crippen LogP contribution is 2.30. The number of hydrogen-bond donors (Lipinski definition) is 1. The molecule has 0 aliphatic carbocycles. The smallest absolute Gasteiger partial charge is 0.265 e. The molecule has 0 saturated carbocycles. The zero-order valence-corrected chi connectivity index (χ0v) is 13.3. The average Bonchev–Trinajstić information content (AvgIpc) is 2.77. The number of aromatic nitrogens is 1. The van der Waals surface area contributed by atoms with Crippen LogP contribution in [-0.2, 0) is 5.54 Å². The van der Waals surface area contributed by atoms with Crippen LogP contribution in [0.25, 0.3) is 10.9 Å². The van der Waals surface area contributed by atoms with Crippen LogP contribution in [0.1, 0.15) is 51.0 Å². The van der Waals surface area contributed by atoms with Crippen LogP contribution in [0.4, 0.5) is 0 Å². The van der Waals surface area contributed by atoms with Gasteiger partial charge in [-0.2, -0.15) is 0 Å². The van der Waals surface area contributed by atoms with Crippen LogP contribution >= 0.6 is 0 Å². The first-order valence-corrected chi connectivity index (χ1v) is 7.43. The lowest BCUT2D eigenvalue weighted by molar-refractivity contribution is 0.0986. The molecular formula is C17H24N2O2. The third-order valence-corrected chi connectivity index (χ3v) is 3.47. The second-order valence-corrected chi connectivity index (χ2v) is 6.32. The van der Waals surface area contributed by atoms with E-state index in [1.807, 2.05) is 28.8 Å². The van der Waals surface area contributed by atoms with Crippen LogP contribution in [0.15, 0.2) is 24.3 Å². The van der Waals surface area contributed by atoms with Gasteiger partial charge in [-0.05, 0) is 45.4 Å². The zero-order valence-electron chi connectivity index (χ0n) is 13.3. The van der Waals surface area contributed by atoms with Crippen molar-refractivity contribution in [2.24, 2.45) is 5.73 Å². The maximum atomic E-state index is 11.7. The number of rotatable bonds is 5. The fraction of sp³-hybridized carbons (Fsp3) is 0.471. The summed E-state index contributed by atoms with van der Waals surface area (Å²) in [6, 6.07) is 7.75. The summed E-state index contributed by atoms with van der Waals surface area (Å²) in [5.74, 6) is 0.421. The SMILES string of the molecule is CCCCOc1ccc2cc(C(N)=O)n(C(C)(C)C)c2c1.